The SMILES string of the molecule is COC(=O)C1CN(C(=O)N2CCOCC2)CCN1. The molecule has 0 bridgehead atoms. The van der Waals surface area contributed by atoms with Crippen molar-refractivity contribution in [1.82, 2.24) is 15.1 Å². The largest absolute Gasteiger partial charge is 0.468 e. The third kappa shape index (κ3) is 2.91. The second-order valence-corrected chi connectivity index (χ2v) is 4.36. The van der Waals surface area contributed by atoms with Crippen LogP contribution in [0.2, 0.25) is 0 Å². The molecule has 2 saturated heterocycles. The molecule has 0 radical (unpaired) electrons. The molecule has 0 spiro atoms. The van der Waals surface area contributed by atoms with E-state index in [0.29, 0.717) is 45.9 Å². The van der Waals surface area contributed by atoms with Crippen molar-refractivity contribution in [1.29, 1.82) is 0 Å². The molecule has 0 aliphatic carbocycles. The third-order valence-corrected chi connectivity index (χ3v) is 3.21. The minimum Gasteiger partial charge on any atom is -0.468 e. The van der Waals surface area contributed by atoms with Crippen molar-refractivity contribution in [2.45, 2.75) is 6.04 Å². The summed E-state index contributed by atoms with van der Waals surface area (Å²) in [5.74, 6) is -0.325. The lowest BCUT2D eigenvalue weighted by Gasteiger charge is -2.37. The molecule has 1 unspecified atom stereocenters. The summed E-state index contributed by atoms with van der Waals surface area (Å²) in [6.45, 7) is 3.98. The molecule has 2 aliphatic heterocycles. The molecule has 0 saturated carbocycles. The van der Waals surface area contributed by atoms with Crippen LogP contribution >= 0.6 is 0 Å². The number of nitrogens with one attached hydrogen (secondary N) is 1. The number of rotatable bonds is 1. The van der Waals surface area contributed by atoms with Gasteiger partial charge >= 0.3 is 12.0 Å². The first kappa shape index (κ1) is 13.1. The number of amides is 2. The first-order chi connectivity index (χ1) is 8.72. The Morgan fingerprint density at radius 2 is 1.94 bits per heavy atom. The van der Waals surface area contributed by atoms with Crippen molar-refractivity contribution in [2.24, 2.45) is 0 Å². The number of carbonyl (C=O) groups is 2. The molecule has 18 heavy (non-hydrogen) atoms. The van der Waals surface area contributed by atoms with E-state index in [-0.39, 0.29) is 12.0 Å². The molecule has 102 valence electrons. The molecule has 1 N–H and O–H groups in total. The van der Waals surface area contributed by atoms with Gasteiger partial charge in [0.1, 0.15) is 6.04 Å². The highest BCUT2D eigenvalue weighted by Crippen LogP contribution is 2.07. The highest BCUT2D eigenvalue weighted by atomic mass is 16.5. The van der Waals surface area contributed by atoms with Gasteiger partial charge in [0.05, 0.1) is 20.3 Å². The highest BCUT2D eigenvalue weighted by Gasteiger charge is 2.31. The molecule has 7 nitrogen and oxygen atoms in total. The summed E-state index contributed by atoms with van der Waals surface area (Å²) in [5.41, 5.74) is 0. The Hall–Kier alpha value is -1.34. The lowest BCUT2D eigenvalue weighted by molar-refractivity contribution is -0.144. The zero-order valence-electron chi connectivity index (χ0n) is 10.6. The Labute approximate surface area is 106 Å². The summed E-state index contributed by atoms with van der Waals surface area (Å²) in [7, 11) is 1.35. The fraction of sp³-hybridized carbons (Fsp3) is 0.818. The van der Waals surface area contributed by atoms with Crippen molar-refractivity contribution in [3.05, 3.63) is 0 Å². The van der Waals surface area contributed by atoms with Crippen LogP contribution in [0.1, 0.15) is 0 Å². The molecule has 2 amide bonds. The van der Waals surface area contributed by atoms with Gasteiger partial charge in [-0.25, -0.2) is 4.79 Å². The van der Waals surface area contributed by atoms with Gasteiger partial charge in [0.15, 0.2) is 0 Å². The summed E-state index contributed by atoms with van der Waals surface area (Å²) >= 11 is 0. The Balaban J connectivity index is 1.91. The van der Waals surface area contributed by atoms with Crippen LogP contribution in [0.15, 0.2) is 0 Å². The van der Waals surface area contributed by atoms with Crippen LogP contribution < -0.4 is 5.32 Å². The second-order valence-electron chi connectivity index (χ2n) is 4.36. The second kappa shape index (κ2) is 6.01. The van der Waals surface area contributed by atoms with Crippen LogP contribution in [-0.2, 0) is 14.3 Å². The molecule has 2 aliphatic rings. The minimum absolute atomic E-state index is 0.0197. The summed E-state index contributed by atoms with van der Waals surface area (Å²) in [6, 6.07) is -0.442. The summed E-state index contributed by atoms with van der Waals surface area (Å²) in [4.78, 5) is 27.1. The molecule has 7 heteroatoms. The highest BCUT2D eigenvalue weighted by molar-refractivity contribution is 5.79. The van der Waals surface area contributed by atoms with Gasteiger partial charge in [-0.2, -0.15) is 0 Å². The molecule has 2 fully saturated rings. The van der Waals surface area contributed by atoms with Gasteiger partial charge in [0, 0.05) is 32.7 Å². The van der Waals surface area contributed by atoms with Crippen molar-refractivity contribution in [3.8, 4) is 0 Å². The van der Waals surface area contributed by atoms with E-state index in [0.717, 1.165) is 0 Å². The zero-order chi connectivity index (χ0) is 13.0. The minimum atomic E-state index is -0.422. The van der Waals surface area contributed by atoms with E-state index in [1.165, 1.54) is 7.11 Å². The number of esters is 1. The van der Waals surface area contributed by atoms with Crippen LogP contribution in [0, 0.1) is 0 Å². The first-order valence-corrected chi connectivity index (χ1v) is 6.15. The van der Waals surface area contributed by atoms with Crippen molar-refractivity contribution in [3.63, 3.8) is 0 Å². The number of morpholine rings is 1. The van der Waals surface area contributed by atoms with E-state index in [9.17, 15) is 9.59 Å². The average molecular weight is 257 g/mol. The van der Waals surface area contributed by atoms with E-state index in [1.807, 2.05) is 0 Å². The Morgan fingerprint density at radius 3 is 2.61 bits per heavy atom. The van der Waals surface area contributed by atoms with Crippen LogP contribution in [-0.4, -0.2) is 80.9 Å². The van der Waals surface area contributed by atoms with Gasteiger partial charge < -0.3 is 24.6 Å². The number of nitrogens with zero attached hydrogens (tertiary/aromatic N) is 2. The quantitative estimate of drug-likeness (QED) is 0.603. The predicted octanol–water partition coefficient (Wildman–Crippen LogP) is -1.11. The van der Waals surface area contributed by atoms with Crippen LogP contribution in [0.3, 0.4) is 0 Å². The van der Waals surface area contributed by atoms with Crippen molar-refractivity contribution < 1.29 is 19.1 Å². The standard InChI is InChI=1S/C11H19N3O4/c1-17-10(15)9-8-14(3-2-12-9)11(16)13-4-6-18-7-5-13/h9,12H,2-8H2,1H3. The van der Waals surface area contributed by atoms with Crippen molar-refractivity contribution >= 4 is 12.0 Å². The molecule has 0 aromatic heterocycles. The van der Waals surface area contributed by atoms with E-state index < -0.39 is 6.04 Å². The zero-order valence-corrected chi connectivity index (χ0v) is 10.6. The van der Waals surface area contributed by atoms with E-state index in [1.54, 1.807) is 9.80 Å². The molecule has 0 aromatic carbocycles. The Bertz CT molecular complexity index is 317. The van der Waals surface area contributed by atoms with Gasteiger partial charge in [-0.05, 0) is 0 Å². The van der Waals surface area contributed by atoms with Gasteiger partial charge in [0.2, 0.25) is 0 Å². The Morgan fingerprint density at radius 1 is 1.22 bits per heavy atom. The molecular formula is C11H19N3O4. The topological polar surface area (TPSA) is 71.1 Å². The third-order valence-electron chi connectivity index (χ3n) is 3.21. The number of hydrogen-bond donors (Lipinski definition) is 1. The van der Waals surface area contributed by atoms with Gasteiger partial charge in [-0.1, -0.05) is 0 Å². The molecule has 2 heterocycles. The molecule has 0 aromatic rings. The van der Waals surface area contributed by atoms with Gasteiger partial charge in [0.25, 0.3) is 0 Å². The molecular weight excluding hydrogens is 238 g/mol. The first-order valence-electron chi connectivity index (χ1n) is 6.15. The number of carbonyl (C=O) groups excluding carboxylic acids is 2. The van der Waals surface area contributed by atoms with Crippen molar-refractivity contribution in [2.75, 3.05) is 53.0 Å². The van der Waals surface area contributed by atoms with E-state index in [4.69, 9.17) is 9.47 Å². The van der Waals surface area contributed by atoms with Gasteiger partial charge in [-0.3, -0.25) is 4.79 Å². The summed E-state index contributed by atoms with van der Waals surface area (Å²) < 4.78 is 9.91. The van der Waals surface area contributed by atoms with Gasteiger partial charge in [-0.15, -0.1) is 0 Å². The fourth-order valence-electron chi connectivity index (χ4n) is 2.18. The number of methoxy groups -OCH3 is 1. The number of ether oxygens (including phenoxy) is 2. The molecule has 1 atom stereocenters. The summed E-state index contributed by atoms with van der Waals surface area (Å²) in [6.07, 6.45) is 0. The maximum absolute atomic E-state index is 12.2. The van der Waals surface area contributed by atoms with Crippen LogP contribution in [0.4, 0.5) is 4.79 Å². The fourth-order valence-corrected chi connectivity index (χ4v) is 2.18. The number of hydrogen-bond acceptors (Lipinski definition) is 5. The maximum atomic E-state index is 12.2. The molecule has 2 rings (SSSR count). The van der Waals surface area contributed by atoms with E-state index >= 15 is 0 Å². The average Bonchev–Trinajstić information content (AvgIpc) is 2.46. The lowest BCUT2D eigenvalue weighted by Crippen LogP contribution is -2.59. The monoisotopic (exact) mass is 257 g/mol. The smallest absolute Gasteiger partial charge is 0.324 e. The normalized spacial score (nSPS) is 24.8. The van der Waals surface area contributed by atoms with Crippen LogP contribution in [0.25, 0.3) is 0 Å². The predicted molar refractivity (Wildman–Crippen MR) is 63.2 cm³/mol. The maximum Gasteiger partial charge on any atom is 0.324 e. The summed E-state index contributed by atoms with van der Waals surface area (Å²) in [5, 5.41) is 3.05. The number of urea groups is 1. The Kier molecular flexibility index (Phi) is 4.38. The lowest BCUT2D eigenvalue weighted by atomic mass is 10.2. The van der Waals surface area contributed by atoms with Crippen LogP contribution in [0.5, 0.6) is 0 Å². The number of piperazine rings is 1. The van der Waals surface area contributed by atoms with E-state index in [2.05, 4.69) is 5.32 Å².